The molecule has 1 aliphatic rings. The first-order valence-electron chi connectivity index (χ1n) is 7.79. The Morgan fingerprint density at radius 1 is 1.23 bits per heavy atom. The summed E-state index contributed by atoms with van der Waals surface area (Å²) in [5, 5.41) is 0. The predicted octanol–water partition coefficient (Wildman–Crippen LogP) is 3.96. The predicted molar refractivity (Wildman–Crippen MR) is 85.5 cm³/mol. The maximum atomic E-state index is 12.7. The molecule has 0 radical (unpaired) electrons. The fourth-order valence-electron chi connectivity index (χ4n) is 2.96. The van der Waals surface area contributed by atoms with Crippen LogP contribution in [0.1, 0.15) is 52.6 Å². The Morgan fingerprint density at radius 3 is 2.32 bits per heavy atom. The highest BCUT2D eigenvalue weighted by Gasteiger charge is 2.46. The molecule has 0 unspecified atom stereocenters. The molecule has 2 atom stereocenters. The molecule has 2 rings (SSSR count). The van der Waals surface area contributed by atoms with E-state index in [4.69, 9.17) is 4.74 Å². The Morgan fingerprint density at radius 2 is 1.82 bits per heavy atom. The van der Waals surface area contributed by atoms with Gasteiger partial charge in [-0.1, -0.05) is 44.2 Å². The highest BCUT2D eigenvalue weighted by Crippen LogP contribution is 2.37. The van der Waals surface area contributed by atoms with Gasteiger partial charge < -0.3 is 4.74 Å². The zero-order chi connectivity index (χ0) is 16.5. The van der Waals surface area contributed by atoms with Gasteiger partial charge in [0.2, 0.25) is 0 Å². The summed E-state index contributed by atoms with van der Waals surface area (Å²) >= 11 is 0. The SMILES string of the molecule is CC(C)[C@H]1C(=O)C[C@@H](c2ccccc2)N1C(=O)OC(C)(C)C. The van der Waals surface area contributed by atoms with E-state index >= 15 is 0 Å². The van der Waals surface area contributed by atoms with Gasteiger partial charge in [-0.25, -0.2) is 4.79 Å². The number of carbonyl (C=O) groups is 2. The maximum absolute atomic E-state index is 12.7. The quantitative estimate of drug-likeness (QED) is 0.830. The second-order valence-electron chi connectivity index (χ2n) is 7.17. The minimum absolute atomic E-state index is 0.0636. The smallest absolute Gasteiger partial charge is 0.411 e. The van der Waals surface area contributed by atoms with Crippen molar-refractivity contribution in [2.75, 3.05) is 0 Å². The van der Waals surface area contributed by atoms with Gasteiger partial charge in [-0.2, -0.15) is 0 Å². The Hall–Kier alpha value is -1.84. The van der Waals surface area contributed by atoms with Crippen LogP contribution in [0.5, 0.6) is 0 Å². The van der Waals surface area contributed by atoms with Crippen LogP contribution in [0.25, 0.3) is 0 Å². The van der Waals surface area contributed by atoms with Crippen LogP contribution in [0.15, 0.2) is 30.3 Å². The first kappa shape index (κ1) is 16.5. The molecule has 1 fully saturated rings. The molecule has 120 valence electrons. The first-order chi connectivity index (χ1) is 10.2. The number of hydrogen-bond acceptors (Lipinski definition) is 3. The molecule has 0 bridgehead atoms. The molecule has 4 nitrogen and oxygen atoms in total. The van der Waals surface area contributed by atoms with E-state index in [0.29, 0.717) is 6.42 Å². The van der Waals surface area contributed by atoms with Gasteiger partial charge in [0.25, 0.3) is 0 Å². The normalized spacial score (nSPS) is 22.3. The van der Waals surface area contributed by atoms with E-state index in [2.05, 4.69) is 0 Å². The van der Waals surface area contributed by atoms with E-state index in [1.54, 1.807) is 4.90 Å². The summed E-state index contributed by atoms with van der Waals surface area (Å²) < 4.78 is 5.54. The highest BCUT2D eigenvalue weighted by atomic mass is 16.6. The van der Waals surface area contributed by atoms with Crippen LogP contribution in [-0.4, -0.2) is 28.4 Å². The first-order valence-corrected chi connectivity index (χ1v) is 7.79. The van der Waals surface area contributed by atoms with Crippen molar-refractivity contribution in [3.63, 3.8) is 0 Å². The van der Waals surface area contributed by atoms with Crippen LogP contribution < -0.4 is 0 Å². The molecular weight excluding hydrogens is 278 g/mol. The van der Waals surface area contributed by atoms with Crippen LogP contribution in [0, 0.1) is 5.92 Å². The molecule has 0 aromatic heterocycles. The molecule has 0 saturated carbocycles. The van der Waals surface area contributed by atoms with Crippen molar-refractivity contribution in [1.82, 2.24) is 4.90 Å². The van der Waals surface area contributed by atoms with Gasteiger partial charge in [-0.15, -0.1) is 0 Å². The van der Waals surface area contributed by atoms with Crippen molar-refractivity contribution >= 4 is 11.9 Å². The van der Waals surface area contributed by atoms with Gasteiger partial charge in [0, 0.05) is 6.42 Å². The zero-order valence-electron chi connectivity index (χ0n) is 14.0. The lowest BCUT2D eigenvalue weighted by atomic mass is 10.0. The third kappa shape index (κ3) is 3.49. The average molecular weight is 303 g/mol. The Labute approximate surface area is 132 Å². The number of likely N-dealkylation sites (tertiary alicyclic amines) is 1. The van der Waals surface area contributed by atoms with Gasteiger partial charge in [0.05, 0.1) is 12.1 Å². The second-order valence-corrected chi connectivity index (χ2v) is 7.17. The number of carbonyl (C=O) groups excluding carboxylic acids is 2. The summed E-state index contributed by atoms with van der Waals surface area (Å²) in [7, 11) is 0. The van der Waals surface area contributed by atoms with Gasteiger partial charge >= 0.3 is 6.09 Å². The zero-order valence-corrected chi connectivity index (χ0v) is 14.0. The molecule has 1 aromatic carbocycles. The van der Waals surface area contributed by atoms with Gasteiger partial charge in [0.1, 0.15) is 5.60 Å². The Bertz CT molecular complexity index is 545. The minimum Gasteiger partial charge on any atom is -0.444 e. The van der Waals surface area contributed by atoms with Crippen LogP contribution in [0.2, 0.25) is 0 Å². The molecule has 22 heavy (non-hydrogen) atoms. The molecule has 1 saturated heterocycles. The summed E-state index contributed by atoms with van der Waals surface area (Å²) in [5.74, 6) is 0.170. The lowest BCUT2D eigenvalue weighted by molar-refractivity contribution is -0.121. The van der Waals surface area contributed by atoms with E-state index in [0.717, 1.165) is 5.56 Å². The van der Waals surface area contributed by atoms with Crippen molar-refractivity contribution in [3.05, 3.63) is 35.9 Å². The topological polar surface area (TPSA) is 46.6 Å². The summed E-state index contributed by atoms with van der Waals surface area (Å²) in [6.45, 7) is 9.45. The monoisotopic (exact) mass is 303 g/mol. The van der Waals surface area contributed by atoms with Crippen LogP contribution in [0.3, 0.4) is 0 Å². The van der Waals surface area contributed by atoms with Crippen molar-refractivity contribution < 1.29 is 14.3 Å². The van der Waals surface area contributed by atoms with Crippen molar-refractivity contribution in [1.29, 1.82) is 0 Å². The standard InChI is InChI=1S/C18H25NO3/c1-12(2)16-15(20)11-14(13-9-7-6-8-10-13)19(16)17(21)22-18(3,4)5/h6-10,12,14,16H,11H2,1-5H3/t14-,16-/m0/s1. The molecule has 1 heterocycles. The fraction of sp³-hybridized carbons (Fsp3) is 0.556. The largest absolute Gasteiger partial charge is 0.444 e. The van der Waals surface area contributed by atoms with Gasteiger partial charge in [-0.05, 0) is 32.3 Å². The van der Waals surface area contributed by atoms with E-state index in [9.17, 15) is 9.59 Å². The minimum atomic E-state index is -0.578. The number of ketones is 1. The third-order valence-corrected chi connectivity index (χ3v) is 3.78. The molecule has 0 N–H and O–H groups in total. The van der Waals surface area contributed by atoms with Gasteiger partial charge in [-0.3, -0.25) is 9.69 Å². The third-order valence-electron chi connectivity index (χ3n) is 3.78. The summed E-state index contributed by atoms with van der Waals surface area (Å²) in [6.07, 6.45) is -0.0579. The lowest BCUT2D eigenvalue weighted by Crippen LogP contribution is -2.45. The van der Waals surface area contributed by atoms with E-state index < -0.39 is 17.7 Å². The second kappa shape index (κ2) is 6.11. The maximum Gasteiger partial charge on any atom is 0.411 e. The summed E-state index contributed by atoms with van der Waals surface area (Å²) in [4.78, 5) is 26.7. The van der Waals surface area contributed by atoms with Crippen LogP contribution in [0.4, 0.5) is 4.79 Å². The summed E-state index contributed by atoms with van der Waals surface area (Å²) in [5.41, 5.74) is 0.399. The molecule has 0 aliphatic carbocycles. The highest BCUT2D eigenvalue weighted by molar-refractivity contribution is 5.92. The number of ether oxygens (including phenoxy) is 1. The van der Waals surface area contributed by atoms with Crippen LogP contribution >= 0.6 is 0 Å². The molecule has 1 aliphatic heterocycles. The van der Waals surface area contributed by atoms with E-state index in [1.165, 1.54) is 0 Å². The number of hydrogen-bond donors (Lipinski definition) is 0. The molecular formula is C18H25NO3. The van der Waals surface area contributed by atoms with Crippen molar-refractivity contribution in [3.8, 4) is 0 Å². The fourth-order valence-corrected chi connectivity index (χ4v) is 2.96. The number of Topliss-reactive ketones (excluding diaryl/α,β-unsaturated/α-hetero) is 1. The van der Waals surface area contributed by atoms with E-state index in [-0.39, 0.29) is 17.7 Å². The Kier molecular flexibility index (Phi) is 4.59. The Balaban J connectivity index is 2.36. The molecule has 1 amide bonds. The number of amides is 1. The lowest BCUT2D eigenvalue weighted by Gasteiger charge is -2.33. The van der Waals surface area contributed by atoms with Crippen molar-refractivity contribution in [2.45, 2.75) is 58.7 Å². The summed E-state index contributed by atoms with van der Waals surface area (Å²) in [6, 6.07) is 9.04. The number of benzene rings is 1. The van der Waals surface area contributed by atoms with Gasteiger partial charge in [0.15, 0.2) is 5.78 Å². The average Bonchev–Trinajstić information content (AvgIpc) is 2.75. The molecule has 4 heteroatoms. The molecule has 0 spiro atoms. The van der Waals surface area contributed by atoms with Crippen molar-refractivity contribution in [2.24, 2.45) is 5.92 Å². The number of rotatable bonds is 2. The van der Waals surface area contributed by atoms with E-state index in [1.807, 2.05) is 65.0 Å². The number of nitrogens with zero attached hydrogens (tertiary/aromatic N) is 1. The molecule has 1 aromatic rings. The van der Waals surface area contributed by atoms with Crippen LogP contribution in [-0.2, 0) is 9.53 Å².